The maximum Gasteiger partial charge on any atom is 0.240 e. The second-order valence-corrected chi connectivity index (χ2v) is 4.14. The number of nitrogen functional groups attached to an aromatic ring is 1. The van der Waals surface area contributed by atoms with Gasteiger partial charge in [0.15, 0.2) is 0 Å². The van der Waals surface area contributed by atoms with Crippen molar-refractivity contribution < 1.29 is 4.79 Å². The SMILES string of the molecule is Cc1cnc(NN)nc1NC(C(N)=O)C(C)C. The molecule has 7 heteroatoms. The number of rotatable bonds is 5. The van der Waals surface area contributed by atoms with Crippen molar-refractivity contribution in [1.29, 1.82) is 0 Å². The predicted octanol–water partition coefficient (Wildman–Crippen LogP) is -0.00758. The van der Waals surface area contributed by atoms with Crippen LogP contribution in [-0.2, 0) is 4.79 Å². The molecule has 1 rings (SSSR count). The number of hydrogen-bond donors (Lipinski definition) is 4. The lowest BCUT2D eigenvalue weighted by Gasteiger charge is -2.20. The van der Waals surface area contributed by atoms with Gasteiger partial charge in [0.2, 0.25) is 11.9 Å². The van der Waals surface area contributed by atoms with Gasteiger partial charge >= 0.3 is 0 Å². The summed E-state index contributed by atoms with van der Waals surface area (Å²) < 4.78 is 0. The van der Waals surface area contributed by atoms with Gasteiger partial charge in [0, 0.05) is 11.8 Å². The minimum atomic E-state index is -0.478. The molecule has 94 valence electrons. The van der Waals surface area contributed by atoms with Gasteiger partial charge in [-0.3, -0.25) is 10.2 Å². The van der Waals surface area contributed by atoms with Crippen molar-refractivity contribution in [2.45, 2.75) is 26.8 Å². The molecule has 0 aliphatic rings. The van der Waals surface area contributed by atoms with Crippen LogP contribution in [0.5, 0.6) is 0 Å². The Kier molecular flexibility index (Phi) is 4.22. The van der Waals surface area contributed by atoms with Crippen LogP contribution in [0.1, 0.15) is 19.4 Å². The van der Waals surface area contributed by atoms with Crippen LogP contribution < -0.4 is 22.3 Å². The highest BCUT2D eigenvalue weighted by molar-refractivity contribution is 5.83. The third kappa shape index (κ3) is 3.28. The quantitative estimate of drug-likeness (QED) is 0.423. The van der Waals surface area contributed by atoms with Crippen molar-refractivity contribution in [3.63, 3.8) is 0 Å². The van der Waals surface area contributed by atoms with Crippen molar-refractivity contribution in [2.24, 2.45) is 17.5 Å². The molecule has 7 nitrogen and oxygen atoms in total. The molecule has 1 atom stereocenters. The molecule has 6 N–H and O–H groups in total. The topological polar surface area (TPSA) is 119 Å². The van der Waals surface area contributed by atoms with Gasteiger partial charge in [0.1, 0.15) is 11.9 Å². The average molecular weight is 238 g/mol. The van der Waals surface area contributed by atoms with Gasteiger partial charge in [-0.25, -0.2) is 10.8 Å². The third-order valence-electron chi connectivity index (χ3n) is 2.37. The van der Waals surface area contributed by atoms with Crippen LogP contribution in [0.4, 0.5) is 11.8 Å². The summed E-state index contributed by atoms with van der Waals surface area (Å²) in [4.78, 5) is 19.4. The van der Waals surface area contributed by atoms with E-state index < -0.39 is 11.9 Å². The predicted molar refractivity (Wildman–Crippen MR) is 66.0 cm³/mol. The molecule has 0 bridgehead atoms. The molecule has 0 radical (unpaired) electrons. The van der Waals surface area contributed by atoms with Crippen LogP contribution in [0.2, 0.25) is 0 Å². The number of hydrazine groups is 1. The third-order valence-corrected chi connectivity index (χ3v) is 2.37. The molecule has 17 heavy (non-hydrogen) atoms. The van der Waals surface area contributed by atoms with Crippen LogP contribution in [0.15, 0.2) is 6.20 Å². The van der Waals surface area contributed by atoms with E-state index in [1.54, 1.807) is 6.20 Å². The lowest BCUT2D eigenvalue weighted by molar-refractivity contribution is -0.119. The molecule has 0 aromatic carbocycles. The number of nitrogens with two attached hydrogens (primary N) is 2. The minimum Gasteiger partial charge on any atom is -0.368 e. The van der Waals surface area contributed by atoms with E-state index in [0.717, 1.165) is 5.56 Å². The summed E-state index contributed by atoms with van der Waals surface area (Å²) in [6, 6.07) is -0.478. The minimum absolute atomic E-state index is 0.0659. The zero-order chi connectivity index (χ0) is 13.0. The Morgan fingerprint density at radius 1 is 1.47 bits per heavy atom. The van der Waals surface area contributed by atoms with E-state index in [9.17, 15) is 4.79 Å². The summed E-state index contributed by atoms with van der Waals surface area (Å²) in [6.45, 7) is 5.64. The summed E-state index contributed by atoms with van der Waals surface area (Å²) >= 11 is 0. The van der Waals surface area contributed by atoms with E-state index >= 15 is 0 Å². The molecule has 1 heterocycles. The zero-order valence-corrected chi connectivity index (χ0v) is 10.2. The Morgan fingerprint density at radius 2 is 2.12 bits per heavy atom. The second-order valence-electron chi connectivity index (χ2n) is 4.14. The van der Waals surface area contributed by atoms with Crippen molar-refractivity contribution in [2.75, 3.05) is 10.7 Å². The lowest BCUT2D eigenvalue weighted by atomic mass is 10.0. The first-order valence-corrected chi connectivity index (χ1v) is 5.31. The van der Waals surface area contributed by atoms with Crippen LogP contribution >= 0.6 is 0 Å². The smallest absolute Gasteiger partial charge is 0.240 e. The first kappa shape index (κ1) is 13.2. The van der Waals surface area contributed by atoms with E-state index in [2.05, 4.69) is 20.7 Å². The number of nitrogens with one attached hydrogen (secondary N) is 2. The van der Waals surface area contributed by atoms with E-state index in [4.69, 9.17) is 11.6 Å². The summed E-state index contributed by atoms with van der Waals surface area (Å²) in [5.74, 6) is 5.70. The molecule has 1 aromatic rings. The normalized spacial score (nSPS) is 12.3. The van der Waals surface area contributed by atoms with Crippen LogP contribution in [0.3, 0.4) is 0 Å². The monoisotopic (exact) mass is 238 g/mol. The number of anilines is 2. The highest BCUT2D eigenvalue weighted by Gasteiger charge is 2.20. The van der Waals surface area contributed by atoms with Gasteiger partial charge in [-0.15, -0.1) is 0 Å². The molecular weight excluding hydrogens is 220 g/mol. The Balaban J connectivity index is 2.96. The molecule has 0 aliphatic heterocycles. The number of hydrogen-bond acceptors (Lipinski definition) is 6. The maximum atomic E-state index is 11.3. The Hall–Kier alpha value is -1.89. The highest BCUT2D eigenvalue weighted by atomic mass is 16.1. The fourth-order valence-electron chi connectivity index (χ4n) is 1.37. The molecule has 1 unspecified atom stereocenters. The van der Waals surface area contributed by atoms with Gasteiger partial charge in [-0.2, -0.15) is 4.98 Å². The number of primary amides is 1. The first-order chi connectivity index (χ1) is 7.95. The van der Waals surface area contributed by atoms with Gasteiger partial charge in [0.05, 0.1) is 0 Å². The maximum absolute atomic E-state index is 11.3. The van der Waals surface area contributed by atoms with Gasteiger partial charge in [0.25, 0.3) is 0 Å². The van der Waals surface area contributed by atoms with Crippen molar-refractivity contribution in [3.05, 3.63) is 11.8 Å². The van der Waals surface area contributed by atoms with Crippen molar-refractivity contribution >= 4 is 17.7 Å². The van der Waals surface area contributed by atoms with Crippen molar-refractivity contribution in [1.82, 2.24) is 9.97 Å². The van der Waals surface area contributed by atoms with Crippen LogP contribution in [0.25, 0.3) is 0 Å². The van der Waals surface area contributed by atoms with Gasteiger partial charge < -0.3 is 11.1 Å². The van der Waals surface area contributed by atoms with E-state index in [1.807, 2.05) is 20.8 Å². The number of aryl methyl sites for hydroxylation is 1. The number of amides is 1. The molecular formula is C10H18N6O. The largest absolute Gasteiger partial charge is 0.368 e. The number of nitrogens with zero attached hydrogens (tertiary/aromatic N) is 2. The number of carbonyl (C=O) groups excluding carboxylic acids is 1. The summed E-state index contributed by atoms with van der Waals surface area (Å²) in [6.07, 6.45) is 1.61. The van der Waals surface area contributed by atoms with Crippen molar-refractivity contribution in [3.8, 4) is 0 Å². The summed E-state index contributed by atoms with van der Waals surface area (Å²) in [7, 11) is 0. The number of carbonyl (C=O) groups is 1. The molecule has 0 aliphatic carbocycles. The second kappa shape index (κ2) is 5.44. The average Bonchev–Trinajstić information content (AvgIpc) is 2.27. The molecule has 0 saturated heterocycles. The van der Waals surface area contributed by atoms with Crippen LogP contribution in [0, 0.1) is 12.8 Å². The fourth-order valence-corrected chi connectivity index (χ4v) is 1.37. The van der Waals surface area contributed by atoms with Gasteiger partial charge in [-0.05, 0) is 12.8 Å². The zero-order valence-electron chi connectivity index (χ0n) is 10.2. The summed E-state index contributed by atoms with van der Waals surface area (Å²) in [5, 5.41) is 3.00. The standard InChI is InChI=1S/C10H18N6O/c1-5(2)7(8(11)17)14-9-6(3)4-13-10(15-9)16-12/h4-5,7H,12H2,1-3H3,(H2,11,17)(H2,13,14,15,16). The Morgan fingerprint density at radius 3 is 2.59 bits per heavy atom. The Bertz CT molecular complexity index is 406. The molecule has 0 fully saturated rings. The highest BCUT2D eigenvalue weighted by Crippen LogP contribution is 2.15. The first-order valence-electron chi connectivity index (χ1n) is 5.31. The molecule has 0 spiro atoms. The lowest BCUT2D eigenvalue weighted by Crippen LogP contribution is -2.40. The van der Waals surface area contributed by atoms with Crippen LogP contribution in [-0.4, -0.2) is 21.9 Å². The molecule has 0 saturated carbocycles. The van der Waals surface area contributed by atoms with E-state index in [0.29, 0.717) is 5.82 Å². The molecule has 1 aromatic heterocycles. The fraction of sp³-hybridized carbons (Fsp3) is 0.500. The summed E-state index contributed by atoms with van der Waals surface area (Å²) in [5.41, 5.74) is 8.48. The molecule has 1 amide bonds. The van der Waals surface area contributed by atoms with Gasteiger partial charge in [-0.1, -0.05) is 13.8 Å². The number of aromatic nitrogens is 2. The Labute approximate surface area is 100.0 Å². The van der Waals surface area contributed by atoms with E-state index in [-0.39, 0.29) is 11.9 Å². The van der Waals surface area contributed by atoms with E-state index in [1.165, 1.54) is 0 Å².